The van der Waals surface area contributed by atoms with Crippen molar-refractivity contribution in [3.8, 4) is 0 Å². The number of nitrogens with zero attached hydrogens (tertiary/aromatic N) is 2. The number of H-pyrrole nitrogens is 1. The monoisotopic (exact) mass is 449 g/mol. The van der Waals surface area contributed by atoms with Crippen LogP contribution in [0.4, 0.5) is 0 Å². The van der Waals surface area contributed by atoms with E-state index in [1.54, 1.807) is 9.80 Å². The fourth-order valence-electron chi connectivity index (χ4n) is 5.26. The van der Waals surface area contributed by atoms with Crippen molar-refractivity contribution in [2.75, 3.05) is 19.6 Å². The fourth-order valence-corrected chi connectivity index (χ4v) is 5.39. The first-order valence-electron chi connectivity index (χ1n) is 11.3. The number of fused-ring (bicyclic) bond motifs is 5. The van der Waals surface area contributed by atoms with Gasteiger partial charge in [-0.05, 0) is 48.6 Å². The second-order valence-corrected chi connectivity index (χ2v) is 9.99. The zero-order chi connectivity index (χ0) is 22.6. The Balaban J connectivity index is 1.69. The van der Waals surface area contributed by atoms with Crippen LogP contribution in [0.2, 0.25) is 5.02 Å². The molecule has 2 aliphatic heterocycles. The Morgan fingerprint density at radius 3 is 2.56 bits per heavy atom. The number of rotatable bonds is 4. The summed E-state index contributed by atoms with van der Waals surface area (Å²) < 4.78 is 0. The Kier molecular flexibility index (Phi) is 5.05. The molecule has 0 bridgehead atoms. The molecule has 1 saturated heterocycles. The molecule has 5 rings (SSSR count). The molecule has 0 saturated carbocycles. The smallest absolute Gasteiger partial charge is 0.254 e. The number of nitrogens with one attached hydrogen (secondary N) is 1. The summed E-state index contributed by atoms with van der Waals surface area (Å²) in [6, 6.07) is 16.0. The van der Waals surface area contributed by atoms with Gasteiger partial charge in [-0.2, -0.15) is 0 Å². The van der Waals surface area contributed by atoms with Crippen molar-refractivity contribution in [1.29, 1.82) is 0 Å². The second-order valence-electron chi connectivity index (χ2n) is 9.55. The Bertz CT molecular complexity index is 1200. The van der Waals surface area contributed by atoms with Crippen molar-refractivity contribution in [3.05, 3.63) is 70.4 Å². The van der Waals surface area contributed by atoms with Crippen LogP contribution in [-0.2, 0) is 15.1 Å². The van der Waals surface area contributed by atoms with Crippen LogP contribution in [0.3, 0.4) is 0 Å². The number of hydrogen-bond acceptors (Lipinski definition) is 2. The molecule has 1 fully saturated rings. The van der Waals surface area contributed by atoms with Crippen LogP contribution in [0, 0.1) is 5.92 Å². The highest BCUT2D eigenvalue weighted by Gasteiger charge is 2.56. The van der Waals surface area contributed by atoms with Crippen molar-refractivity contribution in [2.45, 2.75) is 38.6 Å². The number of para-hydroxylation sites is 1. The number of carbonyl (C=O) groups is 2. The third kappa shape index (κ3) is 3.14. The lowest BCUT2D eigenvalue weighted by atomic mass is 9.76. The van der Waals surface area contributed by atoms with Gasteiger partial charge in [-0.1, -0.05) is 55.8 Å². The van der Waals surface area contributed by atoms with E-state index in [1.807, 2.05) is 49.4 Å². The van der Waals surface area contributed by atoms with Gasteiger partial charge >= 0.3 is 0 Å². The van der Waals surface area contributed by atoms with Crippen molar-refractivity contribution in [2.24, 2.45) is 5.92 Å². The van der Waals surface area contributed by atoms with Crippen LogP contribution < -0.4 is 0 Å². The van der Waals surface area contributed by atoms with Crippen molar-refractivity contribution < 1.29 is 9.59 Å². The lowest BCUT2D eigenvalue weighted by Gasteiger charge is -2.51. The van der Waals surface area contributed by atoms with E-state index in [-0.39, 0.29) is 24.3 Å². The SMILES string of the molecule is CC(C)CCN1CC(=O)N2CC(c3ccc(Cl)cc3)c3c([nH]c4ccccc34)[C@@]2(C)C1=O. The molecular weight excluding hydrogens is 422 g/mol. The maximum absolute atomic E-state index is 13.9. The van der Waals surface area contributed by atoms with E-state index in [4.69, 9.17) is 11.6 Å². The molecule has 166 valence electrons. The fraction of sp³-hybridized carbons (Fsp3) is 0.385. The maximum atomic E-state index is 13.9. The van der Waals surface area contributed by atoms with Gasteiger partial charge in [0.2, 0.25) is 5.91 Å². The summed E-state index contributed by atoms with van der Waals surface area (Å²) in [5.74, 6) is 0.428. The zero-order valence-electron chi connectivity index (χ0n) is 18.7. The minimum atomic E-state index is -1.04. The van der Waals surface area contributed by atoms with E-state index < -0.39 is 5.54 Å². The van der Waals surface area contributed by atoms with Crippen LogP contribution >= 0.6 is 11.6 Å². The molecule has 1 N–H and O–H groups in total. The minimum absolute atomic E-state index is 0.000104. The molecule has 5 nitrogen and oxygen atoms in total. The van der Waals surface area contributed by atoms with Crippen LogP contribution in [0.15, 0.2) is 48.5 Å². The first kappa shape index (κ1) is 21.1. The van der Waals surface area contributed by atoms with E-state index in [1.165, 1.54) is 0 Å². The van der Waals surface area contributed by atoms with Crippen LogP contribution in [-0.4, -0.2) is 46.2 Å². The average molecular weight is 450 g/mol. The largest absolute Gasteiger partial charge is 0.356 e. The highest BCUT2D eigenvalue weighted by Crippen LogP contribution is 2.48. The number of carbonyl (C=O) groups excluding carboxylic acids is 2. The number of halogens is 1. The Labute approximate surface area is 193 Å². The molecule has 2 amide bonds. The normalized spacial score (nSPS) is 23.1. The summed E-state index contributed by atoms with van der Waals surface area (Å²) >= 11 is 6.15. The Hall–Kier alpha value is -2.79. The number of hydrogen-bond donors (Lipinski definition) is 1. The molecule has 1 unspecified atom stereocenters. The van der Waals surface area contributed by atoms with Crippen molar-refractivity contribution >= 4 is 34.3 Å². The lowest BCUT2D eigenvalue weighted by Crippen LogP contribution is -2.67. The maximum Gasteiger partial charge on any atom is 0.254 e. The Morgan fingerprint density at radius 2 is 1.84 bits per heavy atom. The molecule has 2 atom stereocenters. The van der Waals surface area contributed by atoms with E-state index in [0.29, 0.717) is 24.0 Å². The van der Waals surface area contributed by atoms with E-state index in [9.17, 15) is 9.59 Å². The topological polar surface area (TPSA) is 56.4 Å². The van der Waals surface area contributed by atoms with Gasteiger partial charge in [-0.3, -0.25) is 9.59 Å². The number of piperazine rings is 1. The minimum Gasteiger partial charge on any atom is -0.356 e. The summed E-state index contributed by atoms with van der Waals surface area (Å²) in [6.07, 6.45) is 0.877. The third-order valence-corrected chi connectivity index (χ3v) is 7.32. The first-order valence-corrected chi connectivity index (χ1v) is 11.6. The number of aromatic nitrogens is 1. The summed E-state index contributed by atoms with van der Waals surface area (Å²) in [6.45, 7) is 7.39. The van der Waals surface area contributed by atoms with Gasteiger partial charge in [0, 0.05) is 34.9 Å². The standard InChI is InChI=1S/C26H28ClN3O2/c1-16(2)12-13-29-15-22(31)30-14-20(17-8-10-18(27)11-9-17)23-19-6-4-5-7-21(19)28-24(23)26(30,3)25(29)32/h4-11,16,20,28H,12-15H2,1-3H3/t20?,26-/m0/s1. The molecule has 0 spiro atoms. The summed E-state index contributed by atoms with van der Waals surface area (Å²) in [4.78, 5) is 34.3. The third-order valence-electron chi connectivity index (χ3n) is 7.07. The lowest BCUT2D eigenvalue weighted by molar-refractivity contribution is -0.166. The zero-order valence-corrected chi connectivity index (χ0v) is 19.4. The first-order chi connectivity index (χ1) is 15.3. The van der Waals surface area contributed by atoms with Gasteiger partial charge in [0.05, 0.1) is 12.2 Å². The van der Waals surface area contributed by atoms with Crippen LogP contribution in [0.5, 0.6) is 0 Å². The molecule has 3 heterocycles. The Morgan fingerprint density at radius 1 is 1.12 bits per heavy atom. The highest BCUT2D eigenvalue weighted by atomic mass is 35.5. The summed E-state index contributed by atoms with van der Waals surface area (Å²) in [5, 5.41) is 1.78. The molecule has 32 heavy (non-hydrogen) atoms. The van der Waals surface area contributed by atoms with Gasteiger partial charge in [0.1, 0.15) is 0 Å². The number of aromatic amines is 1. The number of benzene rings is 2. The van der Waals surface area contributed by atoms with Gasteiger partial charge in [-0.25, -0.2) is 0 Å². The summed E-state index contributed by atoms with van der Waals surface area (Å²) in [5.41, 5.74) is 2.97. The predicted molar refractivity (Wildman–Crippen MR) is 127 cm³/mol. The number of amides is 2. The molecule has 2 aromatic carbocycles. The van der Waals surface area contributed by atoms with Crippen molar-refractivity contribution in [1.82, 2.24) is 14.8 Å². The van der Waals surface area contributed by atoms with Gasteiger partial charge in [-0.15, -0.1) is 0 Å². The van der Waals surface area contributed by atoms with Crippen LogP contribution in [0.25, 0.3) is 10.9 Å². The van der Waals surface area contributed by atoms with Crippen LogP contribution in [0.1, 0.15) is 49.9 Å². The molecule has 0 aliphatic carbocycles. The molecule has 6 heteroatoms. The van der Waals surface area contributed by atoms with Gasteiger partial charge in [0.15, 0.2) is 5.54 Å². The van der Waals surface area contributed by atoms with Gasteiger partial charge in [0.25, 0.3) is 5.91 Å². The highest BCUT2D eigenvalue weighted by molar-refractivity contribution is 6.30. The summed E-state index contributed by atoms with van der Waals surface area (Å²) in [7, 11) is 0. The van der Waals surface area contributed by atoms with Gasteiger partial charge < -0.3 is 14.8 Å². The van der Waals surface area contributed by atoms with E-state index >= 15 is 0 Å². The average Bonchev–Trinajstić information content (AvgIpc) is 3.17. The predicted octanol–water partition coefficient (Wildman–Crippen LogP) is 4.90. The molecule has 1 aromatic heterocycles. The second kappa shape index (κ2) is 7.66. The quantitative estimate of drug-likeness (QED) is 0.616. The van der Waals surface area contributed by atoms with E-state index in [2.05, 4.69) is 24.9 Å². The molecule has 0 radical (unpaired) electrons. The molecular formula is C26H28ClN3O2. The molecule has 3 aromatic rings. The molecule has 2 aliphatic rings. The van der Waals surface area contributed by atoms with Crippen molar-refractivity contribution in [3.63, 3.8) is 0 Å². The van der Waals surface area contributed by atoms with E-state index in [0.717, 1.165) is 34.1 Å².